The molecule has 0 radical (unpaired) electrons. The summed E-state index contributed by atoms with van der Waals surface area (Å²) in [5, 5.41) is 1.04. The molecule has 1 aliphatic heterocycles. The third kappa shape index (κ3) is 7.62. The highest BCUT2D eigenvalue weighted by Gasteiger charge is 2.38. The summed E-state index contributed by atoms with van der Waals surface area (Å²) in [6.45, 7) is 9.96. The van der Waals surface area contributed by atoms with E-state index in [0.29, 0.717) is 18.1 Å². The number of esters is 1. The number of hydroxylamine groups is 2. The molecule has 0 saturated heterocycles. The molecule has 0 saturated carbocycles. The zero-order chi connectivity index (χ0) is 22.9. The third-order valence-corrected chi connectivity index (χ3v) is 5.76. The first-order chi connectivity index (χ1) is 14.8. The second kappa shape index (κ2) is 11.8. The zero-order valence-corrected chi connectivity index (χ0v) is 19.4. The standard InChI is InChI=1S/C21H31N3O6S/c1-5-22(6-2)11-12-24-20(27)23(13-15-31-16-17-8-7-14-28-17)21(3,4)29-18(25)9-10-19(26)30-24/h7-10,14H,5-6,11-13,15-16H2,1-4H3/b10-9-. The van der Waals surface area contributed by atoms with E-state index in [9.17, 15) is 14.4 Å². The van der Waals surface area contributed by atoms with Crippen molar-refractivity contribution in [2.45, 2.75) is 39.2 Å². The van der Waals surface area contributed by atoms with Gasteiger partial charge in [0.2, 0.25) is 0 Å². The van der Waals surface area contributed by atoms with E-state index in [1.165, 1.54) is 4.90 Å². The Morgan fingerprint density at radius 2 is 1.77 bits per heavy atom. The number of amides is 2. The first-order valence-corrected chi connectivity index (χ1v) is 11.5. The molecule has 31 heavy (non-hydrogen) atoms. The summed E-state index contributed by atoms with van der Waals surface area (Å²) in [6.07, 6.45) is 3.58. The monoisotopic (exact) mass is 453 g/mol. The van der Waals surface area contributed by atoms with Crippen molar-refractivity contribution < 1.29 is 28.4 Å². The lowest BCUT2D eigenvalue weighted by molar-refractivity contribution is -0.186. The Kier molecular flexibility index (Phi) is 9.44. The molecule has 0 fully saturated rings. The van der Waals surface area contributed by atoms with Crippen molar-refractivity contribution in [2.75, 3.05) is 38.5 Å². The molecule has 0 spiro atoms. The van der Waals surface area contributed by atoms with E-state index in [0.717, 1.165) is 36.1 Å². The maximum absolute atomic E-state index is 13.4. The van der Waals surface area contributed by atoms with Gasteiger partial charge in [-0.25, -0.2) is 14.4 Å². The Balaban J connectivity index is 2.16. The molecule has 2 amide bonds. The lowest BCUT2D eigenvalue weighted by Gasteiger charge is -2.40. The van der Waals surface area contributed by atoms with Gasteiger partial charge in [0, 0.05) is 31.0 Å². The molecule has 0 bridgehead atoms. The fourth-order valence-corrected chi connectivity index (χ4v) is 3.84. The Labute approximate surface area is 187 Å². The van der Waals surface area contributed by atoms with Crippen LogP contribution in [0.5, 0.6) is 0 Å². The van der Waals surface area contributed by atoms with Gasteiger partial charge in [-0.2, -0.15) is 16.8 Å². The number of cyclic esters (lactones) is 1. The van der Waals surface area contributed by atoms with Crippen molar-refractivity contribution in [2.24, 2.45) is 0 Å². The molecule has 0 atom stereocenters. The zero-order valence-electron chi connectivity index (χ0n) is 18.5. The number of rotatable bonds is 10. The molecule has 2 rings (SSSR count). The van der Waals surface area contributed by atoms with E-state index in [2.05, 4.69) is 4.90 Å². The number of nitrogens with zero attached hydrogens (tertiary/aromatic N) is 3. The lowest BCUT2D eigenvalue weighted by atomic mass is 10.2. The number of furan rings is 1. The fourth-order valence-electron chi connectivity index (χ4n) is 3.02. The molecule has 0 aliphatic carbocycles. The highest BCUT2D eigenvalue weighted by molar-refractivity contribution is 7.98. The van der Waals surface area contributed by atoms with Crippen molar-refractivity contribution in [1.82, 2.24) is 14.9 Å². The number of hydrogen-bond acceptors (Lipinski definition) is 8. The largest absolute Gasteiger partial charge is 0.468 e. The van der Waals surface area contributed by atoms with E-state index in [4.69, 9.17) is 14.0 Å². The van der Waals surface area contributed by atoms with Gasteiger partial charge in [0.1, 0.15) is 5.76 Å². The predicted molar refractivity (Wildman–Crippen MR) is 117 cm³/mol. The van der Waals surface area contributed by atoms with E-state index in [1.807, 2.05) is 26.0 Å². The smallest absolute Gasteiger partial charge is 0.356 e. The number of thioether (sulfide) groups is 1. The highest BCUT2D eigenvalue weighted by atomic mass is 32.2. The molecular weight excluding hydrogens is 422 g/mol. The predicted octanol–water partition coefficient (Wildman–Crippen LogP) is 2.89. The van der Waals surface area contributed by atoms with Crippen LogP contribution >= 0.6 is 11.8 Å². The van der Waals surface area contributed by atoms with E-state index >= 15 is 0 Å². The van der Waals surface area contributed by atoms with Gasteiger partial charge >= 0.3 is 18.0 Å². The van der Waals surface area contributed by atoms with Crippen molar-refractivity contribution >= 4 is 29.7 Å². The summed E-state index contributed by atoms with van der Waals surface area (Å²) in [5.41, 5.74) is -1.24. The van der Waals surface area contributed by atoms with E-state index < -0.39 is 23.7 Å². The summed E-state index contributed by atoms with van der Waals surface area (Å²) in [4.78, 5) is 46.3. The van der Waals surface area contributed by atoms with Crippen LogP contribution in [0.3, 0.4) is 0 Å². The van der Waals surface area contributed by atoms with Gasteiger partial charge in [-0.3, -0.25) is 4.90 Å². The Bertz CT molecular complexity index is 761. The minimum absolute atomic E-state index is 0.195. The van der Waals surface area contributed by atoms with Crippen LogP contribution in [0.1, 0.15) is 33.5 Å². The molecule has 9 nitrogen and oxygen atoms in total. The number of carbonyl (C=O) groups excluding carboxylic acids is 3. The molecule has 2 heterocycles. The lowest BCUT2D eigenvalue weighted by Crippen LogP contribution is -2.57. The van der Waals surface area contributed by atoms with Crippen LogP contribution in [0.2, 0.25) is 0 Å². The number of hydrogen-bond donors (Lipinski definition) is 0. The van der Waals surface area contributed by atoms with Gasteiger partial charge in [0.25, 0.3) is 0 Å². The van der Waals surface area contributed by atoms with Crippen molar-refractivity contribution in [3.05, 3.63) is 36.3 Å². The Hall–Kier alpha value is -2.46. The molecule has 0 unspecified atom stereocenters. The molecular formula is C21H31N3O6S. The molecule has 0 aromatic carbocycles. The van der Waals surface area contributed by atoms with E-state index in [1.54, 1.807) is 31.9 Å². The van der Waals surface area contributed by atoms with Gasteiger partial charge in [-0.15, -0.1) is 0 Å². The van der Waals surface area contributed by atoms with Gasteiger partial charge in [0.05, 0.1) is 18.6 Å². The number of urea groups is 1. The second-order valence-corrected chi connectivity index (χ2v) is 8.41. The van der Waals surface area contributed by atoms with Crippen molar-refractivity contribution in [3.63, 3.8) is 0 Å². The van der Waals surface area contributed by atoms with Crippen molar-refractivity contribution in [1.29, 1.82) is 0 Å². The molecule has 1 aliphatic rings. The topological polar surface area (TPSA) is 92.5 Å². The van der Waals surface area contributed by atoms with Crippen LogP contribution in [-0.4, -0.2) is 77.0 Å². The molecule has 1 aromatic rings. The minimum atomic E-state index is -1.24. The highest BCUT2D eigenvalue weighted by Crippen LogP contribution is 2.22. The van der Waals surface area contributed by atoms with E-state index in [-0.39, 0.29) is 13.1 Å². The average Bonchev–Trinajstić information content (AvgIpc) is 3.24. The van der Waals surface area contributed by atoms with Gasteiger partial charge in [-0.1, -0.05) is 13.8 Å². The second-order valence-electron chi connectivity index (χ2n) is 7.31. The number of ether oxygens (including phenoxy) is 1. The first-order valence-electron chi connectivity index (χ1n) is 10.3. The maximum atomic E-state index is 13.4. The van der Waals surface area contributed by atoms with Crippen LogP contribution in [0.25, 0.3) is 0 Å². The van der Waals surface area contributed by atoms with Gasteiger partial charge < -0.3 is 18.9 Å². The Morgan fingerprint density at radius 3 is 2.42 bits per heavy atom. The summed E-state index contributed by atoms with van der Waals surface area (Å²) in [7, 11) is 0. The number of likely N-dealkylation sites (N-methyl/N-ethyl adjacent to an activating group) is 1. The van der Waals surface area contributed by atoms with Crippen molar-refractivity contribution in [3.8, 4) is 0 Å². The fraction of sp³-hybridized carbons (Fsp3) is 0.571. The Morgan fingerprint density at radius 1 is 1.06 bits per heavy atom. The molecule has 172 valence electrons. The molecule has 10 heteroatoms. The number of carbonyl (C=O) groups is 3. The van der Waals surface area contributed by atoms with Crippen LogP contribution in [0, 0.1) is 0 Å². The SMILES string of the molecule is CCN(CC)CCN1OC(=O)/C=C\C(=O)OC(C)(C)N(CCSCc2ccco2)C1=O. The van der Waals surface area contributed by atoms with Gasteiger partial charge in [0.15, 0.2) is 5.72 Å². The summed E-state index contributed by atoms with van der Waals surface area (Å²) in [5.74, 6) is 0.527. The van der Waals surface area contributed by atoms with Crippen LogP contribution in [0.15, 0.2) is 35.0 Å². The normalized spacial score (nSPS) is 18.2. The quantitative estimate of drug-likeness (QED) is 0.394. The maximum Gasteiger partial charge on any atom is 0.356 e. The first kappa shape index (κ1) is 24.8. The average molecular weight is 454 g/mol. The van der Waals surface area contributed by atoms with Gasteiger partial charge in [-0.05, 0) is 39.1 Å². The molecule has 1 aromatic heterocycles. The summed E-state index contributed by atoms with van der Waals surface area (Å²) >= 11 is 1.58. The summed E-state index contributed by atoms with van der Waals surface area (Å²) in [6, 6.07) is 3.17. The van der Waals surface area contributed by atoms with Crippen LogP contribution < -0.4 is 0 Å². The molecule has 0 N–H and O–H groups in total. The van der Waals surface area contributed by atoms with Crippen LogP contribution in [0.4, 0.5) is 4.79 Å². The summed E-state index contributed by atoms with van der Waals surface area (Å²) < 4.78 is 10.8. The van der Waals surface area contributed by atoms with Crippen LogP contribution in [-0.2, 0) is 24.9 Å². The minimum Gasteiger partial charge on any atom is -0.468 e. The third-order valence-electron chi connectivity index (χ3n) is 4.80.